The second-order valence-electron chi connectivity index (χ2n) is 8.15. The predicted molar refractivity (Wildman–Crippen MR) is 104 cm³/mol. The van der Waals surface area contributed by atoms with E-state index in [0.29, 0.717) is 31.3 Å². The molecule has 29 heavy (non-hydrogen) atoms. The minimum atomic E-state index is -0.263. The molecule has 3 saturated heterocycles. The molecule has 0 radical (unpaired) electrons. The molecular weight excluding hydrogens is 370 g/mol. The van der Waals surface area contributed by atoms with Crippen molar-refractivity contribution in [1.29, 1.82) is 0 Å². The molecule has 0 aliphatic carbocycles. The van der Waals surface area contributed by atoms with Crippen molar-refractivity contribution in [2.75, 3.05) is 31.1 Å². The molecule has 1 N–H and O–H groups in total. The van der Waals surface area contributed by atoms with Crippen LogP contribution in [0.25, 0.3) is 0 Å². The van der Waals surface area contributed by atoms with E-state index in [1.807, 2.05) is 11.8 Å². The van der Waals surface area contributed by atoms with Gasteiger partial charge in [-0.25, -0.2) is 15.0 Å². The summed E-state index contributed by atoms with van der Waals surface area (Å²) in [5.74, 6) is 0.839. The van der Waals surface area contributed by atoms with Crippen LogP contribution in [0, 0.1) is 18.8 Å². The Hall–Kier alpha value is -3.10. The fourth-order valence-corrected chi connectivity index (χ4v) is 4.95. The van der Waals surface area contributed by atoms with Gasteiger partial charge >= 0.3 is 0 Å². The monoisotopic (exact) mass is 393 g/mol. The van der Waals surface area contributed by atoms with Gasteiger partial charge in [-0.3, -0.25) is 14.6 Å². The summed E-state index contributed by atoms with van der Waals surface area (Å²) in [6, 6.07) is 1.79. The number of anilines is 1. The molecule has 3 aliphatic rings. The summed E-state index contributed by atoms with van der Waals surface area (Å²) in [5.41, 5.74) is 0.890. The third kappa shape index (κ3) is 3.01. The van der Waals surface area contributed by atoms with Crippen LogP contribution in [0.2, 0.25) is 0 Å². The standard InChI is InChI=1S/C20H23N7O2/c1-13-9-24-16(10-23-13)18(29)26-7-3-20(4-8-26)15-12-27(11-14(15)17(28)25-20)19-21-5-2-6-22-19/h2,5-6,9-10,14-15H,3-4,7-8,11-12H2,1H3,(H,25,28)/t14-,15+/m0/s1. The first kappa shape index (κ1) is 18.0. The maximum atomic E-state index is 12.8. The van der Waals surface area contributed by atoms with Crippen LogP contribution in [0.3, 0.4) is 0 Å². The average Bonchev–Trinajstić information content (AvgIpc) is 3.30. The van der Waals surface area contributed by atoms with Crippen molar-refractivity contribution in [3.63, 3.8) is 0 Å². The highest BCUT2D eigenvalue weighted by Gasteiger charge is 2.57. The number of amides is 2. The lowest BCUT2D eigenvalue weighted by Gasteiger charge is -2.42. The van der Waals surface area contributed by atoms with Crippen LogP contribution in [-0.2, 0) is 4.79 Å². The Kier molecular flexibility index (Phi) is 4.18. The van der Waals surface area contributed by atoms with Gasteiger partial charge in [-0.1, -0.05) is 0 Å². The number of hydrogen-bond donors (Lipinski definition) is 1. The number of carbonyl (C=O) groups excluding carboxylic acids is 2. The third-order valence-corrected chi connectivity index (χ3v) is 6.52. The summed E-state index contributed by atoms with van der Waals surface area (Å²) in [5, 5.41) is 3.28. The maximum Gasteiger partial charge on any atom is 0.274 e. The van der Waals surface area contributed by atoms with Crippen LogP contribution in [0.1, 0.15) is 29.0 Å². The number of nitrogens with one attached hydrogen (secondary N) is 1. The number of rotatable bonds is 2. The molecule has 2 aromatic heterocycles. The Labute approximate surface area is 168 Å². The van der Waals surface area contributed by atoms with Gasteiger partial charge in [-0.05, 0) is 25.8 Å². The van der Waals surface area contributed by atoms with E-state index in [-0.39, 0.29) is 29.2 Å². The third-order valence-electron chi connectivity index (χ3n) is 6.52. The predicted octanol–water partition coefficient (Wildman–Crippen LogP) is 0.432. The zero-order valence-corrected chi connectivity index (χ0v) is 16.3. The second kappa shape index (κ2) is 6.75. The summed E-state index contributed by atoms with van der Waals surface area (Å²) in [7, 11) is 0. The van der Waals surface area contributed by atoms with E-state index < -0.39 is 0 Å². The summed E-state index contributed by atoms with van der Waals surface area (Å²) in [6.07, 6.45) is 8.08. The molecule has 0 unspecified atom stereocenters. The summed E-state index contributed by atoms with van der Waals surface area (Å²) >= 11 is 0. The number of aromatic nitrogens is 4. The number of carbonyl (C=O) groups is 2. The summed E-state index contributed by atoms with van der Waals surface area (Å²) in [6.45, 7) is 4.44. The van der Waals surface area contributed by atoms with Crippen molar-refractivity contribution >= 4 is 17.8 Å². The van der Waals surface area contributed by atoms with Crippen LogP contribution in [0.15, 0.2) is 30.9 Å². The molecule has 9 heteroatoms. The number of fused-ring (bicyclic) bond motifs is 2. The van der Waals surface area contributed by atoms with Crippen LogP contribution in [0.4, 0.5) is 5.95 Å². The molecule has 2 atom stereocenters. The Morgan fingerprint density at radius 2 is 1.86 bits per heavy atom. The van der Waals surface area contributed by atoms with Gasteiger partial charge in [0.25, 0.3) is 5.91 Å². The van der Waals surface area contributed by atoms with Crippen molar-refractivity contribution in [3.05, 3.63) is 42.2 Å². The van der Waals surface area contributed by atoms with Crippen LogP contribution >= 0.6 is 0 Å². The molecule has 2 amide bonds. The van der Waals surface area contributed by atoms with Crippen LogP contribution in [0.5, 0.6) is 0 Å². The average molecular weight is 393 g/mol. The molecule has 5 heterocycles. The molecule has 150 valence electrons. The fraction of sp³-hybridized carbons (Fsp3) is 0.500. The molecule has 0 saturated carbocycles. The van der Waals surface area contributed by atoms with E-state index in [0.717, 1.165) is 25.1 Å². The molecule has 0 bridgehead atoms. The van der Waals surface area contributed by atoms with E-state index in [9.17, 15) is 9.59 Å². The smallest absolute Gasteiger partial charge is 0.274 e. The number of aryl methyl sites for hydroxylation is 1. The first-order valence-electron chi connectivity index (χ1n) is 9.98. The Morgan fingerprint density at radius 1 is 1.10 bits per heavy atom. The SMILES string of the molecule is Cc1cnc(C(=O)N2CCC3(CC2)NC(=O)[C@H]2CN(c4ncccn4)C[C@H]23)cn1. The molecule has 2 aromatic rings. The second-order valence-corrected chi connectivity index (χ2v) is 8.15. The Balaban J connectivity index is 1.29. The van der Waals surface area contributed by atoms with Gasteiger partial charge in [0.05, 0.1) is 17.8 Å². The lowest BCUT2D eigenvalue weighted by Crippen LogP contribution is -2.56. The van der Waals surface area contributed by atoms with E-state index in [1.165, 1.54) is 6.20 Å². The van der Waals surface area contributed by atoms with E-state index >= 15 is 0 Å². The zero-order valence-electron chi connectivity index (χ0n) is 16.3. The van der Waals surface area contributed by atoms with Crippen LogP contribution in [-0.4, -0.2) is 68.4 Å². The maximum absolute atomic E-state index is 12.8. The van der Waals surface area contributed by atoms with Gasteiger partial charge in [0, 0.05) is 56.2 Å². The Morgan fingerprint density at radius 3 is 2.55 bits per heavy atom. The first-order valence-corrected chi connectivity index (χ1v) is 9.98. The van der Waals surface area contributed by atoms with E-state index in [2.05, 4.69) is 30.2 Å². The minimum Gasteiger partial charge on any atom is -0.350 e. The number of likely N-dealkylation sites (tertiary alicyclic amines) is 1. The minimum absolute atomic E-state index is 0.0518. The van der Waals surface area contributed by atoms with Gasteiger partial charge in [0.15, 0.2) is 0 Å². The quantitative estimate of drug-likeness (QED) is 0.789. The van der Waals surface area contributed by atoms with Crippen LogP contribution < -0.4 is 10.2 Å². The fourth-order valence-electron chi connectivity index (χ4n) is 4.95. The lowest BCUT2D eigenvalue weighted by atomic mass is 9.75. The first-order chi connectivity index (χ1) is 14.1. The molecule has 3 aliphatic heterocycles. The van der Waals surface area contributed by atoms with Gasteiger partial charge in [0.1, 0.15) is 5.69 Å². The normalized spacial score (nSPS) is 25.2. The Bertz CT molecular complexity index is 926. The van der Waals surface area contributed by atoms with Crippen molar-refractivity contribution in [3.8, 4) is 0 Å². The highest BCUT2D eigenvalue weighted by Crippen LogP contribution is 2.44. The molecule has 1 spiro atoms. The van der Waals surface area contributed by atoms with Gasteiger partial charge < -0.3 is 15.1 Å². The van der Waals surface area contributed by atoms with Gasteiger partial charge in [0.2, 0.25) is 11.9 Å². The summed E-state index contributed by atoms with van der Waals surface area (Å²) < 4.78 is 0. The zero-order chi connectivity index (χ0) is 20.0. The largest absolute Gasteiger partial charge is 0.350 e. The number of piperidine rings is 1. The number of nitrogens with zero attached hydrogens (tertiary/aromatic N) is 6. The van der Waals surface area contributed by atoms with Crippen molar-refractivity contribution in [2.24, 2.45) is 11.8 Å². The van der Waals surface area contributed by atoms with Gasteiger partial charge in [-0.15, -0.1) is 0 Å². The van der Waals surface area contributed by atoms with Crippen molar-refractivity contribution in [1.82, 2.24) is 30.2 Å². The molecule has 3 fully saturated rings. The number of hydrogen-bond acceptors (Lipinski definition) is 7. The molecule has 0 aromatic carbocycles. The summed E-state index contributed by atoms with van der Waals surface area (Å²) in [4.78, 5) is 46.4. The highest BCUT2D eigenvalue weighted by molar-refractivity contribution is 5.92. The van der Waals surface area contributed by atoms with Crippen molar-refractivity contribution < 1.29 is 9.59 Å². The van der Waals surface area contributed by atoms with E-state index in [1.54, 1.807) is 24.7 Å². The topological polar surface area (TPSA) is 104 Å². The molecular formula is C20H23N7O2. The van der Waals surface area contributed by atoms with E-state index in [4.69, 9.17) is 0 Å². The lowest BCUT2D eigenvalue weighted by molar-refractivity contribution is -0.122. The van der Waals surface area contributed by atoms with Crippen molar-refractivity contribution in [2.45, 2.75) is 25.3 Å². The molecule has 9 nitrogen and oxygen atoms in total. The van der Waals surface area contributed by atoms with Gasteiger partial charge in [-0.2, -0.15) is 0 Å². The highest BCUT2D eigenvalue weighted by atomic mass is 16.2. The molecule has 5 rings (SSSR count).